The van der Waals surface area contributed by atoms with E-state index in [1.165, 1.54) is 6.42 Å². The highest BCUT2D eigenvalue weighted by atomic mass is 16.2. The standard InChI is InChI=1S/C12H19NO/c1-3-5-13(4-2)12(14)11-7-9-6-10(9)8-11/h3,9-11H,1,4-8H2,2H3. The summed E-state index contributed by atoms with van der Waals surface area (Å²) in [4.78, 5) is 13.9. The lowest BCUT2D eigenvalue weighted by molar-refractivity contribution is -0.134. The molecule has 2 atom stereocenters. The molecular formula is C12H19NO. The van der Waals surface area contributed by atoms with E-state index in [9.17, 15) is 4.79 Å². The van der Waals surface area contributed by atoms with E-state index in [4.69, 9.17) is 0 Å². The number of carbonyl (C=O) groups excluding carboxylic acids is 1. The van der Waals surface area contributed by atoms with E-state index in [2.05, 4.69) is 6.58 Å². The fourth-order valence-corrected chi connectivity index (χ4v) is 2.71. The summed E-state index contributed by atoms with van der Waals surface area (Å²) in [5.41, 5.74) is 0. The van der Waals surface area contributed by atoms with Gasteiger partial charge in [0.05, 0.1) is 0 Å². The Morgan fingerprint density at radius 2 is 2.07 bits per heavy atom. The minimum absolute atomic E-state index is 0.332. The van der Waals surface area contributed by atoms with Crippen molar-refractivity contribution in [1.82, 2.24) is 4.90 Å². The Kier molecular flexibility index (Phi) is 2.62. The zero-order chi connectivity index (χ0) is 10.1. The van der Waals surface area contributed by atoms with Crippen LogP contribution in [0, 0.1) is 17.8 Å². The van der Waals surface area contributed by atoms with Crippen LogP contribution in [0.5, 0.6) is 0 Å². The Labute approximate surface area is 86.0 Å². The van der Waals surface area contributed by atoms with Crippen molar-refractivity contribution in [3.63, 3.8) is 0 Å². The molecule has 0 saturated heterocycles. The van der Waals surface area contributed by atoms with Crippen molar-refractivity contribution in [3.8, 4) is 0 Å². The molecule has 2 saturated carbocycles. The summed E-state index contributed by atoms with van der Waals surface area (Å²) in [5.74, 6) is 2.48. The lowest BCUT2D eigenvalue weighted by Gasteiger charge is -2.23. The molecule has 0 aromatic heterocycles. The molecule has 0 spiro atoms. The zero-order valence-electron chi connectivity index (χ0n) is 8.91. The quantitative estimate of drug-likeness (QED) is 0.626. The monoisotopic (exact) mass is 193 g/mol. The first-order valence-corrected chi connectivity index (χ1v) is 5.66. The third-order valence-corrected chi connectivity index (χ3v) is 3.64. The molecule has 1 amide bonds. The molecule has 2 aliphatic rings. The summed E-state index contributed by atoms with van der Waals surface area (Å²) in [6, 6.07) is 0. The maximum Gasteiger partial charge on any atom is 0.225 e. The van der Waals surface area contributed by atoms with Gasteiger partial charge in [-0.1, -0.05) is 6.08 Å². The predicted molar refractivity (Wildman–Crippen MR) is 56.8 cm³/mol. The maximum atomic E-state index is 12.0. The van der Waals surface area contributed by atoms with Gasteiger partial charge >= 0.3 is 0 Å². The van der Waals surface area contributed by atoms with E-state index < -0.39 is 0 Å². The molecule has 0 bridgehead atoms. The maximum absolute atomic E-state index is 12.0. The molecular weight excluding hydrogens is 174 g/mol. The molecule has 0 aliphatic heterocycles. The van der Waals surface area contributed by atoms with Crippen LogP contribution in [-0.4, -0.2) is 23.9 Å². The summed E-state index contributed by atoms with van der Waals surface area (Å²) < 4.78 is 0. The van der Waals surface area contributed by atoms with Crippen molar-refractivity contribution < 1.29 is 4.79 Å². The van der Waals surface area contributed by atoms with E-state index in [0.29, 0.717) is 18.4 Å². The minimum Gasteiger partial charge on any atom is -0.339 e. The van der Waals surface area contributed by atoms with Crippen LogP contribution in [-0.2, 0) is 4.79 Å². The molecule has 0 radical (unpaired) electrons. The van der Waals surface area contributed by atoms with Crippen molar-refractivity contribution in [2.75, 3.05) is 13.1 Å². The Morgan fingerprint density at radius 1 is 1.43 bits per heavy atom. The van der Waals surface area contributed by atoms with E-state index in [1.807, 2.05) is 17.9 Å². The Bertz CT molecular complexity index is 239. The van der Waals surface area contributed by atoms with Crippen molar-refractivity contribution in [2.45, 2.75) is 26.2 Å². The lowest BCUT2D eigenvalue weighted by atomic mass is 10.0. The van der Waals surface area contributed by atoms with Gasteiger partial charge in [0.2, 0.25) is 5.91 Å². The third kappa shape index (κ3) is 1.70. The number of hydrogen-bond acceptors (Lipinski definition) is 1. The molecule has 2 fully saturated rings. The fraction of sp³-hybridized carbons (Fsp3) is 0.750. The number of hydrogen-bond donors (Lipinski definition) is 0. The SMILES string of the molecule is C=CCN(CC)C(=O)C1CC2CC2C1. The first-order valence-electron chi connectivity index (χ1n) is 5.66. The van der Waals surface area contributed by atoms with Crippen LogP contribution in [0.25, 0.3) is 0 Å². The normalized spacial score (nSPS) is 33.6. The molecule has 0 heterocycles. The molecule has 78 valence electrons. The van der Waals surface area contributed by atoms with Gasteiger partial charge in [-0.15, -0.1) is 6.58 Å². The largest absolute Gasteiger partial charge is 0.339 e. The van der Waals surface area contributed by atoms with Crippen molar-refractivity contribution in [3.05, 3.63) is 12.7 Å². The van der Waals surface area contributed by atoms with Crippen LogP contribution in [0.4, 0.5) is 0 Å². The molecule has 2 nitrogen and oxygen atoms in total. The minimum atomic E-state index is 0.332. The van der Waals surface area contributed by atoms with Gasteiger partial charge in [-0.05, 0) is 38.0 Å². The first-order chi connectivity index (χ1) is 6.76. The van der Waals surface area contributed by atoms with Gasteiger partial charge in [0, 0.05) is 19.0 Å². The van der Waals surface area contributed by atoms with Gasteiger partial charge in [0.25, 0.3) is 0 Å². The molecule has 2 aliphatic carbocycles. The average Bonchev–Trinajstić information content (AvgIpc) is 2.81. The summed E-state index contributed by atoms with van der Waals surface area (Å²) in [6.07, 6.45) is 5.50. The smallest absolute Gasteiger partial charge is 0.225 e. The van der Waals surface area contributed by atoms with E-state index in [0.717, 1.165) is 31.2 Å². The summed E-state index contributed by atoms with van der Waals surface area (Å²) in [7, 11) is 0. The van der Waals surface area contributed by atoms with E-state index in [-0.39, 0.29) is 0 Å². The molecule has 0 N–H and O–H groups in total. The van der Waals surface area contributed by atoms with Crippen LogP contribution in [0.1, 0.15) is 26.2 Å². The second-order valence-electron chi connectivity index (χ2n) is 4.59. The molecule has 2 rings (SSSR count). The number of amides is 1. The Balaban J connectivity index is 1.89. The van der Waals surface area contributed by atoms with Gasteiger partial charge in [0.15, 0.2) is 0 Å². The van der Waals surface area contributed by atoms with Crippen molar-refractivity contribution in [2.24, 2.45) is 17.8 Å². The van der Waals surface area contributed by atoms with Crippen molar-refractivity contribution >= 4 is 5.91 Å². The number of likely N-dealkylation sites (N-methyl/N-ethyl adjacent to an activating group) is 1. The first kappa shape index (κ1) is 9.75. The van der Waals surface area contributed by atoms with Crippen LogP contribution >= 0.6 is 0 Å². The van der Waals surface area contributed by atoms with E-state index in [1.54, 1.807) is 0 Å². The van der Waals surface area contributed by atoms with Gasteiger partial charge < -0.3 is 4.90 Å². The molecule has 0 aromatic carbocycles. The lowest BCUT2D eigenvalue weighted by Crippen LogP contribution is -2.35. The van der Waals surface area contributed by atoms with Gasteiger partial charge in [-0.25, -0.2) is 0 Å². The summed E-state index contributed by atoms with van der Waals surface area (Å²) in [5, 5.41) is 0. The van der Waals surface area contributed by atoms with Crippen LogP contribution in [0.2, 0.25) is 0 Å². The fourth-order valence-electron chi connectivity index (χ4n) is 2.71. The van der Waals surface area contributed by atoms with Gasteiger partial charge in [-0.2, -0.15) is 0 Å². The third-order valence-electron chi connectivity index (χ3n) is 3.64. The molecule has 2 heteroatoms. The highest BCUT2D eigenvalue weighted by Gasteiger charge is 2.48. The topological polar surface area (TPSA) is 20.3 Å². The summed E-state index contributed by atoms with van der Waals surface area (Å²) in [6.45, 7) is 7.25. The Hall–Kier alpha value is -0.790. The van der Waals surface area contributed by atoms with E-state index >= 15 is 0 Å². The zero-order valence-corrected chi connectivity index (χ0v) is 8.91. The number of fused-ring (bicyclic) bond motifs is 1. The second kappa shape index (κ2) is 3.76. The predicted octanol–water partition coefficient (Wildman–Crippen LogP) is 2.07. The summed E-state index contributed by atoms with van der Waals surface area (Å²) >= 11 is 0. The Morgan fingerprint density at radius 3 is 2.57 bits per heavy atom. The second-order valence-corrected chi connectivity index (χ2v) is 4.59. The molecule has 14 heavy (non-hydrogen) atoms. The van der Waals surface area contributed by atoms with Crippen LogP contribution in [0.3, 0.4) is 0 Å². The molecule has 0 aromatic rings. The van der Waals surface area contributed by atoms with Crippen LogP contribution in [0.15, 0.2) is 12.7 Å². The molecule has 2 unspecified atom stereocenters. The number of rotatable bonds is 4. The van der Waals surface area contributed by atoms with Crippen LogP contribution < -0.4 is 0 Å². The number of nitrogens with zero attached hydrogens (tertiary/aromatic N) is 1. The van der Waals surface area contributed by atoms with Gasteiger partial charge in [0.1, 0.15) is 0 Å². The number of carbonyl (C=O) groups is 1. The average molecular weight is 193 g/mol. The highest BCUT2D eigenvalue weighted by molar-refractivity contribution is 5.79. The highest BCUT2D eigenvalue weighted by Crippen LogP contribution is 2.54. The van der Waals surface area contributed by atoms with Crippen molar-refractivity contribution in [1.29, 1.82) is 0 Å². The van der Waals surface area contributed by atoms with Gasteiger partial charge in [-0.3, -0.25) is 4.79 Å².